The van der Waals surface area contributed by atoms with E-state index >= 15 is 0 Å². The van der Waals surface area contributed by atoms with Gasteiger partial charge in [-0.1, -0.05) is 12.1 Å². The number of phenolic OH excluding ortho intramolecular Hbond substituents is 1. The minimum Gasteiger partial charge on any atom is -0.508 e. The van der Waals surface area contributed by atoms with E-state index < -0.39 is 0 Å². The topological polar surface area (TPSA) is 79.2 Å². The molecule has 0 aliphatic heterocycles. The molecule has 0 bridgehead atoms. The fourth-order valence-corrected chi connectivity index (χ4v) is 2.81. The zero-order chi connectivity index (χ0) is 17.9. The van der Waals surface area contributed by atoms with E-state index in [1.807, 2.05) is 45.5 Å². The lowest BCUT2D eigenvalue weighted by atomic mass is 10.1. The number of carbonyl (C=O) groups excluding carboxylic acids is 1. The van der Waals surface area contributed by atoms with Crippen molar-refractivity contribution in [1.29, 1.82) is 0 Å². The highest BCUT2D eigenvalue weighted by atomic mass is 16.3. The maximum Gasteiger partial charge on any atom is 0.315 e. The molecule has 0 aliphatic rings. The van der Waals surface area contributed by atoms with Crippen LogP contribution < -0.4 is 10.6 Å². The molecule has 6 nitrogen and oxygen atoms in total. The Hall–Kier alpha value is -2.50. The Bertz CT molecular complexity index is 724. The summed E-state index contributed by atoms with van der Waals surface area (Å²) in [4.78, 5) is 12.2. The number of phenols is 1. The number of hydrogen-bond donors (Lipinski definition) is 3. The third-order valence-corrected chi connectivity index (χ3v) is 4.26. The number of hydrogen-bond acceptors (Lipinski definition) is 3. The molecule has 0 saturated heterocycles. The monoisotopic (exact) mass is 330 g/mol. The van der Waals surface area contributed by atoms with E-state index in [9.17, 15) is 9.90 Å². The highest BCUT2D eigenvalue weighted by Gasteiger charge is 2.16. The molecule has 2 atom stereocenters. The van der Waals surface area contributed by atoms with E-state index in [1.165, 1.54) is 5.56 Å². The largest absolute Gasteiger partial charge is 0.508 e. The lowest BCUT2D eigenvalue weighted by Crippen LogP contribution is -2.42. The first kappa shape index (κ1) is 17.8. The average Bonchev–Trinajstić information content (AvgIpc) is 2.73. The predicted molar refractivity (Wildman–Crippen MR) is 94.0 cm³/mol. The molecule has 1 aromatic heterocycles. The van der Waals surface area contributed by atoms with E-state index in [0.29, 0.717) is 0 Å². The van der Waals surface area contributed by atoms with Crippen molar-refractivity contribution < 1.29 is 9.90 Å². The molecule has 1 heterocycles. The van der Waals surface area contributed by atoms with Crippen molar-refractivity contribution in [3.05, 3.63) is 46.8 Å². The number of carbonyl (C=O) groups is 1. The van der Waals surface area contributed by atoms with Crippen LogP contribution in [0.1, 0.15) is 42.4 Å². The van der Waals surface area contributed by atoms with Gasteiger partial charge in [-0.3, -0.25) is 4.68 Å². The van der Waals surface area contributed by atoms with Gasteiger partial charge in [-0.2, -0.15) is 5.10 Å². The summed E-state index contributed by atoms with van der Waals surface area (Å²) in [7, 11) is 1.92. The summed E-state index contributed by atoms with van der Waals surface area (Å²) in [5.41, 5.74) is 4.15. The third kappa shape index (κ3) is 4.28. The highest BCUT2D eigenvalue weighted by molar-refractivity contribution is 5.74. The fourth-order valence-electron chi connectivity index (χ4n) is 2.81. The second kappa shape index (κ2) is 7.38. The number of amides is 2. The van der Waals surface area contributed by atoms with Crippen molar-refractivity contribution in [3.8, 4) is 5.75 Å². The number of aromatic hydroxyl groups is 1. The maximum atomic E-state index is 12.2. The van der Waals surface area contributed by atoms with Crippen molar-refractivity contribution >= 4 is 6.03 Å². The summed E-state index contributed by atoms with van der Waals surface area (Å²) in [6.07, 6.45) is 0.736. The molecular formula is C18H26N4O2. The molecule has 0 fully saturated rings. The van der Waals surface area contributed by atoms with Gasteiger partial charge in [0.05, 0.1) is 11.7 Å². The molecule has 0 unspecified atom stereocenters. The van der Waals surface area contributed by atoms with Crippen LogP contribution in [0.3, 0.4) is 0 Å². The summed E-state index contributed by atoms with van der Waals surface area (Å²) < 4.78 is 1.86. The number of rotatable bonds is 5. The van der Waals surface area contributed by atoms with Gasteiger partial charge in [-0.15, -0.1) is 0 Å². The van der Waals surface area contributed by atoms with Gasteiger partial charge >= 0.3 is 6.03 Å². The van der Waals surface area contributed by atoms with Gasteiger partial charge in [0.2, 0.25) is 0 Å². The molecule has 130 valence electrons. The second-order valence-electron chi connectivity index (χ2n) is 6.31. The molecule has 3 N–H and O–H groups in total. The second-order valence-corrected chi connectivity index (χ2v) is 6.31. The van der Waals surface area contributed by atoms with Gasteiger partial charge in [0.25, 0.3) is 0 Å². The quantitative estimate of drug-likeness (QED) is 0.789. The van der Waals surface area contributed by atoms with E-state index in [2.05, 4.69) is 15.7 Å². The molecule has 2 aromatic rings. The van der Waals surface area contributed by atoms with Crippen LogP contribution in [-0.2, 0) is 13.5 Å². The van der Waals surface area contributed by atoms with E-state index in [1.54, 1.807) is 18.2 Å². The normalized spacial score (nSPS) is 13.4. The van der Waals surface area contributed by atoms with Gasteiger partial charge in [-0.25, -0.2) is 4.79 Å². The molecule has 1 aromatic carbocycles. The Morgan fingerprint density at radius 3 is 2.58 bits per heavy atom. The van der Waals surface area contributed by atoms with Crippen LogP contribution in [0.2, 0.25) is 0 Å². The van der Waals surface area contributed by atoms with Gasteiger partial charge in [0.15, 0.2) is 0 Å². The number of nitrogens with zero attached hydrogens (tertiary/aromatic N) is 2. The zero-order valence-electron chi connectivity index (χ0n) is 14.9. The fraction of sp³-hybridized carbons (Fsp3) is 0.444. The van der Waals surface area contributed by atoms with Crippen LogP contribution in [0.5, 0.6) is 5.75 Å². The average molecular weight is 330 g/mol. The molecule has 2 amide bonds. The molecule has 0 spiro atoms. The Morgan fingerprint density at radius 2 is 2.00 bits per heavy atom. The van der Waals surface area contributed by atoms with Crippen LogP contribution in [0.25, 0.3) is 0 Å². The lowest BCUT2D eigenvalue weighted by molar-refractivity contribution is 0.234. The van der Waals surface area contributed by atoms with Crippen molar-refractivity contribution in [2.24, 2.45) is 7.05 Å². The predicted octanol–water partition coefficient (Wildman–Crippen LogP) is 2.73. The Morgan fingerprint density at radius 1 is 1.29 bits per heavy atom. The zero-order valence-corrected chi connectivity index (χ0v) is 14.9. The van der Waals surface area contributed by atoms with Gasteiger partial charge in [0, 0.05) is 18.8 Å². The van der Waals surface area contributed by atoms with E-state index in [-0.39, 0.29) is 23.9 Å². The van der Waals surface area contributed by atoms with Crippen LogP contribution in [0, 0.1) is 13.8 Å². The number of aryl methyl sites for hydroxylation is 2. The SMILES string of the molecule is Cc1nn(C)c(C)c1C[C@@H](C)NC(=O)N[C@@H](C)c1cccc(O)c1. The van der Waals surface area contributed by atoms with E-state index in [0.717, 1.165) is 23.4 Å². The molecule has 2 rings (SSSR count). The van der Waals surface area contributed by atoms with Crippen molar-refractivity contribution in [3.63, 3.8) is 0 Å². The molecule has 24 heavy (non-hydrogen) atoms. The Labute approximate surface area is 142 Å². The minimum atomic E-state index is -0.225. The number of benzene rings is 1. The van der Waals surface area contributed by atoms with E-state index in [4.69, 9.17) is 0 Å². The van der Waals surface area contributed by atoms with Gasteiger partial charge < -0.3 is 15.7 Å². The first-order chi connectivity index (χ1) is 11.3. The summed E-state index contributed by atoms with van der Waals surface area (Å²) in [6.45, 7) is 7.88. The standard InChI is InChI=1S/C18H26N4O2/c1-11(9-17-13(3)21-22(5)14(17)4)19-18(24)20-12(2)15-7-6-8-16(23)10-15/h6-8,10-12,23H,9H2,1-5H3,(H2,19,20,24)/t11-,12+/m1/s1. The third-order valence-electron chi connectivity index (χ3n) is 4.26. The van der Waals surface area contributed by atoms with Crippen molar-refractivity contribution in [1.82, 2.24) is 20.4 Å². The summed E-state index contributed by atoms with van der Waals surface area (Å²) in [5.74, 6) is 0.192. The number of nitrogens with one attached hydrogen (secondary N) is 2. The summed E-state index contributed by atoms with van der Waals surface area (Å²) in [6, 6.07) is 6.47. The Kier molecular flexibility index (Phi) is 5.49. The maximum absolute atomic E-state index is 12.2. The minimum absolute atomic E-state index is 0.0111. The number of urea groups is 1. The number of aromatic nitrogens is 2. The Balaban J connectivity index is 1.92. The first-order valence-electron chi connectivity index (χ1n) is 8.13. The summed E-state index contributed by atoms with van der Waals surface area (Å²) >= 11 is 0. The highest BCUT2D eigenvalue weighted by Crippen LogP contribution is 2.18. The smallest absolute Gasteiger partial charge is 0.315 e. The molecule has 0 radical (unpaired) electrons. The molecule has 6 heteroatoms. The summed E-state index contributed by atoms with van der Waals surface area (Å²) in [5, 5.41) is 19.8. The van der Waals surface area contributed by atoms with Crippen LogP contribution in [-0.4, -0.2) is 27.0 Å². The lowest BCUT2D eigenvalue weighted by Gasteiger charge is -2.19. The van der Waals surface area contributed by atoms with Gasteiger partial charge in [-0.05, 0) is 57.4 Å². The van der Waals surface area contributed by atoms with Crippen molar-refractivity contribution in [2.75, 3.05) is 0 Å². The first-order valence-corrected chi connectivity index (χ1v) is 8.13. The van der Waals surface area contributed by atoms with Gasteiger partial charge in [0.1, 0.15) is 5.75 Å². The molecule has 0 saturated carbocycles. The molecule has 0 aliphatic carbocycles. The van der Waals surface area contributed by atoms with Crippen LogP contribution >= 0.6 is 0 Å². The van der Waals surface area contributed by atoms with Crippen molar-refractivity contribution in [2.45, 2.75) is 46.2 Å². The van der Waals surface area contributed by atoms with Crippen LogP contribution in [0.15, 0.2) is 24.3 Å². The molecular weight excluding hydrogens is 304 g/mol. The van der Waals surface area contributed by atoms with Crippen LogP contribution in [0.4, 0.5) is 4.79 Å².